The summed E-state index contributed by atoms with van der Waals surface area (Å²) < 4.78 is 12.9. The number of halogens is 2. The summed E-state index contributed by atoms with van der Waals surface area (Å²) in [5.74, 6) is -0.593. The van der Waals surface area contributed by atoms with Crippen LogP contribution in [-0.2, 0) is 6.54 Å². The van der Waals surface area contributed by atoms with Crippen molar-refractivity contribution < 1.29 is 9.18 Å². The molecule has 3 rings (SSSR count). The number of pyridine rings is 1. The van der Waals surface area contributed by atoms with Crippen LogP contribution in [0.3, 0.4) is 0 Å². The number of aromatic nitrogens is 1. The molecule has 0 bridgehead atoms. The smallest absolute Gasteiger partial charge is 0.270 e. The molecule has 26 heavy (non-hydrogen) atoms. The number of anilines is 2. The molecule has 1 aromatic heterocycles. The SMILES string of the molecule is Cc1cc(Cl)ccc1Nc1ccc(C(=O)NCc2ccc(F)cc2)nc1. The third kappa shape index (κ3) is 4.58. The molecule has 2 aromatic carbocycles. The first-order chi connectivity index (χ1) is 12.5. The van der Waals surface area contributed by atoms with Gasteiger partial charge in [0.15, 0.2) is 0 Å². The van der Waals surface area contributed by atoms with Crippen LogP contribution in [0.25, 0.3) is 0 Å². The van der Waals surface area contributed by atoms with Crippen LogP contribution in [0.4, 0.5) is 15.8 Å². The monoisotopic (exact) mass is 369 g/mol. The Balaban J connectivity index is 1.61. The highest BCUT2D eigenvalue weighted by Gasteiger charge is 2.08. The van der Waals surface area contributed by atoms with Crippen molar-refractivity contribution >= 4 is 28.9 Å². The Morgan fingerprint density at radius 2 is 1.88 bits per heavy atom. The number of carbonyl (C=O) groups is 1. The van der Waals surface area contributed by atoms with Crippen molar-refractivity contribution in [3.63, 3.8) is 0 Å². The lowest BCUT2D eigenvalue weighted by Crippen LogP contribution is -2.23. The highest BCUT2D eigenvalue weighted by atomic mass is 35.5. The second kappa shape index (κ2) is 7.97. The molecule has 2 N–H and O–H groups in total. The van der Waals surface area contributed by atoms with Gasteiger partial charge < -0.3 is 10.6 Å². The standard InChI is InChI=1S/C20H17ClFN3O/c1-13-10-15(21)4-8-18(13)25-17-7-9-19(23-12-17)20(26)24-11-14-2-5-16(22)6-3-14/h2-10,12,25H,11H2,1H3,(H,24,26). The molecule has 0 radical (unpaired) electrons. The zero-order valence-electron chi connectivity index (χ0n) is 14.1. The van der Waals surface area contributed by atoms with E-state index in [1.54, 1.807) is 30.5 Å². The van der Waals surface area contributed by atoms with E-state index in [9.17, 15) is 9.18 Å². The van der Waals surface area contributed by atoms with Crippen molar-refractivity contribution in [2.45, 2.75) is 13.5 Å². The molecule has 6 heteroatoms. The number of nitrogens with one attached hydrogen (secondary N) is 2. The maximum absolute atomic E-state index is 12.9. The Hall–Kier alpha value is -2.92. The van der Waals surface area contributed by atoms with Gasteiger partial charge in [0.25, 0.3) is 5.91 Å². The van der Waals surface area contributed by atoms with Gasteiger partial charge in [0, 0.05) is 17.3 Å². The van der Waals surface area contributed by atoms with Crippen LogP contribution >= 0.6 is 11.6 Å². The van der Waals surface area contributed by atoms with Crippen molar-refractivity contribution in [3.05, 3.63) is 88.5 Å². The second-order valence-corrected chi connectivity index (χ2v) is 6.26. The van der Waals surface area contributed by atoms with E-state index in [0.29, 0.717) is 17.3 Å². The Labute approximate surface area is 156 Å². The third-order valence-electron chi connectivity index (χ3n) is 3.83. The lowest BCUT2D eigenvalue weighted by Gasteiger charge is -2.10. The highest BCUT2D eigenvalue weighted by Crippen LogP contribution is 2.23. The summed E-state index contributed by atoms with van der Waals surface area (Å²) in [7, 11) is 0. The minimum atomic E-state index is -0.305. The highest BCUT2D eigenvalue weighted by molar-refractivity contribution is 6.30. The van der Waals surface area contributed by atoms with Crippen LogP contribution in [0.5, 0.6) is 0 Å². The van der Waals surface area contributed by atoms with E-state index in [2.05, 4.69) is 15.6 Å². The molecule has 0 saturated heterocycles. The number of aryl methyl sites for hydroxylation is 1. The average molecular weight is 370 g/mol. The van der Waals surface area contributed by atoms with E-state index < -0.39 is 0 Å². The summed E-state index contributed by atoms with van der Waals surface area (Å²) in [5.41, 5.74) is 3.83. The number of carbonyl (C=O) groups excluding carboxylic acids is 1. The Bertz CT molecular complexity index is 911. The molecule has 0 fully saturated rings. The number of hydrogen-bond donors (Lipinski definition) is 2. The van der Waals surface area contributed by atoms with Crippen molar-refractivity contribution in [1.82, 2.24) is 10.3 Å². The van der Waals surface area contributed by atoms with Crippen LogP contribution in [0, 0.1) is 12.7 Å². The van der Waals surface area contributed by atoms with E-state index in [-0.39, 0.29) is 11.7 Å². The molecular formula is C20H17ClFN3O. The van der Waals surface area contributed by atoms with Crippen molar-refractivity contribution in [3.8, 4) is 0 Å². The van der Waals surface area contributed by atoms with Gasteiger partial charge in [-0.25, -0.2) is 9.37 Å². The number of nitrogens with zero attached hydrogens (tertiary/aromatic N) is 1. The predicted molar refractivity (Wildman–Crippen MR) is 101 cm³/mol. The second-order valence-electron chi connectivity index (χ2n) is 5.83. The molecular weight excluding hydrogens is 353 g/mol. The van der Waals surface area contributed by atoms with E-state index in [0.717, 1.165) is 22.5 Å². The van der Waals surface area contributed by atoms with Crippen LogP contribution in [0.1, 0.15) is 21.6 Å². The van der Waals surface area contributed by atoms with Gasteiger partial charge in [0.05, 0.1) is 11.9 Å². The average Bonchev–Trinajstić information content (AvgIpc) is 2.64. The fourth-order valence-corrected chi connectivity index (χ4v) is 2.63. The zero-order valence-corrected chi connectivity index (χ0v) is 14.8. The van der Waals surface area contributed by atoms with Crippen LogP contribution in [-0.4, -0.2) is 10.9 Å². The largest absolute Gasteiger partial charge is 0.354 e. The van der Waals surface area contributed by atoms with Crippen molar-refractivity contribution in [2.75, 3.05) is 5.32 Å². The first-order valence-corrected chi connectivity index (χ1v) is 8.41. The lowest BCUT2D eigenvalue weighted by molar-refractivity contribution is 0.0946. The van der Waals surface area contributed by atoms with Gasteiger partial charge in [0.1, 0.15) is 11.5 Å². The molecule has 132 valence electrons. The van der Waals surface area contributed by atoms with Gasteiger partial charge in [-0.15, -0.1) is 0 Å². The molecule has 0 unspecified atom stereocenters. The first-order valence-electron chi connectivity index (χ1n) is 8.03. The fourth-order valence-electron chi connectivity index (χ4n) is 2.40. The Morgan fingerprint density at radius 3 is 2.54 bits per heavy atom. The van der Waals surface area contributed by atoms with Crippen molar-refractivity contribution in [1.29, 1.82) is 0 Å². The van der Waals surface area contributed by atoms with E-state index in [1.165, 1.54) is 12.1 Å². The number of rotatable bonds is 5. The maximum Gasteiger partial charge on any atom is 0.270 e. The molecule has 0 aliphatic carbocycles. The fraction of sp³-hybridized carbons (Fsp3) is 0.100. The molecule has 0 saturated carbocycles. The third-order valence-corrected chi connectivity index (χ3v) is 4.07. The number of hydrogen-bond acceptors (Lipinski definition) is 3. The summed E-state index contributed by atoms with van der Waals surface area (Å²) in [6.45, 7) is 2.27. The molecule has 0 spiro atoms. The Morgan fingerprint density at radius 1 is 1.12 bits per heavy atom. The molecule has 0 aliphatic heterocycles. The van der Waals surface area contributed by atoms with Gasteiger partial charge in [-0.05, 0) is 60.5 Å². The normalized spacial score (nSPS) is 10.4. The van der Waals surface area contributed by atoms with Gasteiger partial charge >= 0.3 is 0 Å². The summed E-state index contributed by atoms with van der Waals surface area (Å²) in [6.07, 6.45) is 1.60. The minimum absolute atomic E-state index is 0.288. The first kappa shape index (κ1) is 17.9. The molecule has 0 atom stereocenters. The lowest BCUT2D eigenvalue weighted by atomic mass is 10.2. The van der Waals surface area contributed by atoms with Crippen LogP contribution in [0.15, 0.2) is 60.8 Å². The van der Waals surface area contributed by atoms with Crippen molar-refractivity contribution in [2.24, 2.45) is 0 Å². The summed E-state index contributed by atoms with van der Waals surface area (Å²) in [6, 6.07) is 15.0. The van der Waals surface area contributed by atoms with Gasteiger partial charge in [-0.3, -0.25) is 4.79 Å². The summed E-state index contributed by atoms with van der Waals surface area (Å²) >= 11 is 5.95. The summed E-state index contributed by atoms with van der Waals surface area (Å²) in [4.78, 5) is 16.4. The molecule has 0 aliphatic rings. The molecule has 4 nitrogen and oxygen atoms in total. The summed E-state index contributed by atoms with van der Waals surface area (Å²) in [5, 5.41) is 6.68. The van der Waals surface area contributed by atoms with Gasteiger partial charge in [-0.1, -0.05) is 23.7 Å². The number of amides is 1. The van der Waals surface area contributed by atoms with E-state index >= 15 is 0 Å². The number of benzene rings is 2. The van der Waals surface area contributed by atoms with Crippen LogP contribution < -0.4 is 10.6 Å². The zero-order chi connectivity index (χ0) is 18.5. The topological polar surface area (TPSA) is 54.0 Å². The quantitative estimate of drug-likeness (QED) is 0.675. The predicted octanol–water partition coefficient (Wildman–Crippen LogP) is 4.86. The van der Waals surface area contributed by atoms with Gasteiger partial charge in [0.2, 0.25) is 0 Å². The van der Waals surface area contributed by atoms with Crippen LogP contribution in [0.2, 0.25) is 5.02 Å². The van der Waals surface area contributed by atoms with Gasteiger partial charge in [-0.2, -0.15) is 0 Å². The maximum atomic E-state index is 12.9. The van der Waals surface area contributed by atoms with E-state index in [4.69, 9.17) is 11.6 Å². The molecule has 1 heterocycles. The minimum Gasteiger partial charge on any atom is -0.354 e. The van der Waals surface area contributed by atoms with E-state index in [1.807, 2.05) is 25.1 Å². The molecule has 1 amide bonds. The molecule has 3 aromatic rings. The Kier molecular flexibility index (Phi) is 5.49.